The molecule has 1 heteroatoms. The van der Waals surface area contributed by atoms with Gasteiger partial charge >= 0.3 is 0 Å². The van der Waals surface area contributed by atoms with Gasteiger partial charge in [-0.3, -0.25) is 4.99 Å². The van der Waals surface area contributed by atoms with Crippen LogP contribution in [0.2, 0.25) is 0 Å². The Hall–Kier alpha value is -1.11. The zero-order valence-electron chi connectivity index (χ0n) is 8.39. The van der Waals surface area contributed by atoms with E-state index in [0.717, 1.165) is 5.71 Å². The van der Waals surface area contributed by atoms with E-state index in [1.54, 1.807) is 13.1 Å². The molecular weight excluding hydrogens is 146 g/mol. The van der Waals surface area contributed by atoms with Crippen molar-refractivity contribution in [2.45, 2.75) is 20.8 Å². The highest BCUT2D eigenvalue weighted by Crippen LogP contribution is 2.05. The van der Waals surface area contributed by atoms with E-state index in [1.165, 1.54) is 11.1 Å². The van der Waals surface area contributed by atoms with Crippen molar-refractivity contribution in [1.82, 2.24) is 0 Å². The molecule has 66 valence electrons. The van der Waals surface area contributed by atoms with Crippen LogP contribution in [0.3, 0.4) is 0 Å². The van der Waals surface area contributed by atoms with Gasteiger partial charge in [0.25, 0.3) is 0 Å². The predicted molar refractivity (Wildman–Crippen MR) is 56.7 cm³/mol. The predicted octanol–water partition coefficient (Wildman–Crippen LogP) is 3.16. The van der Waals surface area contributed by atoms with Crippen LogP contribution < -0.4 is 0 Å². The Morgan fingerprint density at radius 1 is 1.25 bits per heavy atom. The molecule has 0 spiro atoms. The van der Waals surface area contributed by atoms with Crippen molar-refractivity contribution < 1.29 is 0 Å². The van der Waals surface area contributed by atoms with Crippen molar-refractivity contribution in [3.8, 4) is 0 Å². The molecule has 1 nitrogen and oxygen atoms in total. The molecular formula is C11H17N. The quantitative estimate of drug-likeness (QED) is 0.447. The van der Waals surface area contributed by atoms with Gasteiger partial charge in [-0.1, -0.05) is 24.3 Å². The summed E-state index contributed by atoms with van der Waals surface area (Å²) in [5.41, 5.74) is 3.55. The smallest absolute Gasteiger partial charge is 0.0599 e. The maximum atomic E-state index is 4.17. The molecule has 0 heterocycles. The Labute approximate surface area is 75.2 Å². The second kappa shape index (κ2) is 5.53. The second-order valence-corrected chi connectivity index (χ2v) is 2.83. The van der Waals surface area contributed by atoms with Crippen LogP contribution >= 0.6 is 0 Å². The van der Waals surface area contributed by atoms with Crippen LogP contribution in [0.1, 0.15) is 20.8 Å². The minimum absolute atomic E-state index is 1.02. The van der Waals surface area contributed by atoms with Gasteiger partial charge < -0.3 is 0 Å². The summed E-state index contributed by atoms with van der Waals surface area (Å²) in [4.78, 5) is 4.17. The van der Waals surface area contributed by atoms with Gasteiger partial charge in [-0.25, -0.2) is 0 Å². The maximum absolute atomic E-state index is 4.17. The fourth-order valence-electron chi connectivity index (χ4n) is 0.783. The highest BCUT2D eigenvalue weighted by Gasteiger charge is 1.96. The van der Waals surface area contributed by atoms with Gasteiger partial charge in [0.2, 0.25) is 0 Å². The van der Waals surface area contributed by atoms with E-state index in [4.69, 9.17) is 0 Å². The Balaban J connectivity index is 4.72. The lowest BCUT2D eigenvalue weighted by molar-refractivity contribution is 1.30. The van der Waals surface area contributed by atoms with Crippen LogP contribution in [0.4, 0.5) is 0 Å². The topological polar surface area (TPSA) is 12.4 Å². The molecule has 0 fully saturated rings. The minimum Gasteiger partial charge on any atom is -0.288 e. The third kappa shape index (κ3) is 3.33. The van der Waals surface area contributed by atoms with Crippen LogP contribution in [0.5, 0.6) is 0 Å². The van der Waals surface area contributed by atoms with Crippen LogP contribution in [0, 0.1) is 0 Å². The Kier molecular flexibility index (Phi) is 5.02. The average molecular weight is 163 g/mol. The summed E-state index contributed by atoms with van der Waals surface area (Å²) in [6.07, 6.45) is 5.62. The molecule has 0 bridgehead atoms. The molecule has 12 heavy (non-hydrogen) atoms. The van der Waals surface area contributed by atoms with Gasteiger partial charge in [-0.15, -0.1) is 0 Å². The number of rotatable bonds is 3. The molecule has 0 saturated carbocycles. The van der Waals surface area contributed by atoms with E-state index >= 15 is 0 Å². The summed E-state index contributed by atoms with van der Waals surface area (Å²) in [7, 11) is 1.80. The molecule has 0 amide bonds. The minimum atomic E-state index is 1.02. The van der Waals surface area contributed by atoms with Gasteiger partial charge in [0.05, 0.1) is 5.71 Å². The molecule has 0 aliphatic heterocycles. The van der Waals surface area contributed by atoms with Gasteiger partial charge in [-0.05, 0) is 32.4 Å². The molecule has 0 aromatic heterocycles. The number of aliphatic imine (C=N–C) groups is 1. The first kappa shape index (κ1) is 10.9. The Morgan fingerprint density at radius 3 is 2.17 bits per heavy atom. The monoisotopic (exact) mass is 163 g/mol. The lowest BCUT2D eigenvalue weighted by Gasteiger charge is -2.02. The third-order valence-electron chi connectivity index (χ3n) is 1.77. The zero-order valence-corrected chi connectivity index (χ0v) is 8.39. The first-order valence-electron chi connectivity index (χ1n) is 4.03. The molecule has 0 rings (SSSR count). The Bertz CT molecular complexity index is 238. The van der Waals surface area contributed by atoms with Crippen molar-refractivity contribution in [3.63, 3.8) is 0 Å². The van der Waals surface area contributed by atoms with Crippen molar-refractivity contribution >= 4 is 5.71 Å². The normalized spacial score (nSPS) is 11.8. The van der Waals surface area contributed by atoms with E-state index in [2.05, 4.69) is 32.3 Å². The fraction of sp³-hybridized carbons (Fsp3) is 0.364. The number of hydrogen-bond acceptors (Lipinski definition) is 1. The standard InChI is InChI=1S/C11H17N/c1-6-7-8-11(12-5)10(4)9(2)3/h6-8H,1H2,2-5H3/b8-7-,12-11?. The SMILES string of the molecule is C=C/C=C\C(=NC)C(C)=C(C)C. The van der Waals surface area contributed by atoms with Crippen molar-refractivity contribution in [2.24, 2.45) is 4.99 Å². The summed E-state index contributed by atoms with van der Waals surface area (Å²) in [6.45, 7) is 9.86. The average Bonchev–Trinajstić information content (AvgIpc) is 2.05. The third-order valence-corrected chi connectivity index (χ3v) is 1.77. The molecule has 0 saturated heterocycles. The summed E-state index contributed by atoms with van der Waals surface area (Å²) >= 11 is 0. The summed E-state index contributed by atoms with van der Waals surface area (Å²) in [5, 5.41) is 0. The maximum Gasteiger partial charge on any atom is 0.0599 e. The van der Waals surface area contributed by atoms with E-state index in [0.29, 0.717) is 0 Å². The van der Waals surface area contributed by atoms with Crippen molar-refractivity contribution in [3.05, 3.63) is 36.0 Å². The molecule has 0 radical (unpaired) electrons. The molecule has 0 atom stereocenters. The first-order valence-corrected chi connectivity index (χ1v) is 4.03. The van der Waals surface area contributed by atoms with Gasteiger partial charge in [0.1, 0.15) is 0 Å². The highest BCUT2D eigenvalue weighted by molar-refractivity contribution is 6.08. The summed E-state index contributed by atoms with van der Waals surface area (Å²) in [5.74, 6) is 0. The van der Waals surface area contributed by atoms with E-state index < -0.39 is 0 Å². The van der Waals surface area contributed by atoms with E-state index in [9.17, 15) is 0 Å². The van der Waals surface area contributed by atoms with Crippen molar-refractivity contribution in [2.75, 3.05) is 7.05 Å². The number of hydrogen-bond donors (Lipinski definition) is 0. The van der Waals surface area contributed by atoms with E-state index in [-0.39, 0.29) is 0 Å². The largest absolute Gasteiger partial charge is 0.288 e. The molecule has 0 unspecified atom stereocenters. The lowest BCUT2D eigenvalue weighted by Crippen LogP contribution is -1.97. The molecule has 0 aliphatic rings. The summed E-state index contributed by atoms with van der Waals surface area (Å²) < 4.78 is 0. The zero-order chi connectivity index (χ0) is 9.56. The highest BCUT2D eigenvalue weighted by atomic mass is 14.7. The second-order valence-electron chi connectivity index (χ2n) is 2.83. The first-order chi connectivity index (χ1) is 5.63. The van der Waals surface area contributed by atoms with Crippen LogP contribution in [0.25, 0.3) is 0 Å². The number of allylic oxidation sites excluding steroid dienone is 5. The Morgan fingerprint density at radius 2 is 1.83 bits per heavy atom. The van der Waals surface area contributed by atoms with E-state index in [1.807, 2.05) is 12.2 Å². The molecule has 0 aromatic rings. The summed E-state index contributed by atoms with van der Waals surface area (Å²) in [6, 6.07) is 0. The van der Waals surface area contributed by atoms with Gasteiger partial charge in [0, 0.05) is 7.05 Å². The van der Waals surface area contributed by atoms with Crippen LogP contribution in [0.15, 0.2) is 40.9 Å². The molecule has 0 N–H and O–H groups in total. The molecule has 0 aromatic carbocycles. The fourth-order valence-corrected chi connectivity index (χ4v) is 0.783. The number of nitrogens with zero attached hydrogens (tertiary/aromatic N) is 1. The lowest BCUT2D eigenvalue weighted by atomic mass is 10.1. The van der Waals surface area contributed by atoms with Crippen LogP contribution in [-0.2, 0) is 0 Å². The van der Waals surface area contributed by atoms with Gasteiger partial charge in [0.15, 0.2) is 0 Å². The molecule has 0 aliphatic carbocycles. The van der Waals surface area contributed by atoms with Crippen LogP contribution in [-0.4, -0.2) is 12.8 Å². The van der Waals surface area contributed by atoms with Gasteiger partial charge in [-0.2, -0.15) is 0 Å². The van der Waals surface area contributed by atoms with Crippen molar-refractivity contribution in [1.29, 1.82) is 0 Å².